The summed E-state index contributed by atoms with van der Waals surface area (Å²) in [6.45, 7) is 7.62. The van der Waals surface area contributed by atoms with Crippen molar-refractivity contribution in [3.05, 3.63) is 18.0 Å². The molecule has 98 valence electrons. The lowest BCUT2D eigenvalue weighted by molar-refractivity contribution is 0.277. The zero-order valence-corrected chi connectivity index (χ0v) is 11.6. The lowest BCUT2D eigenvalue weighted by Gasteiger charge is -2.23. The third-order valence-corrected chi connectivity index (χ3v) is 2.92. The average molecular weight is 238 g/mol. The molecule has 0 aliphatic heterocycles. The molecule has 0 aliphatic rings. The quantitative estimate of drug-likeness (QED) is 0.747. The first kappa shape index (κ1) is 14.2. The Morgan fingerprint density at radius 3 is 2.76 bits per heavy atom. The molecule has 1 unspecified atom stereocenters. The van der Waals surface area contributed by atoms with Crippen molar-refractivity contribution in [2.24, 2.45) is 7.05 Å². The van der Waals surface area contributed by atoms with Crippen molar-refractivity contribution in [3.63, 3.8) is 0 Å². The Hall–Kier alpha value is -0.870. The van der Waals surface area contributed by atoms with E-state index in [1.54, 1.807) is 0 Å². The topological polar surface area (TPSA) is 33.1 Å². The predicted octanol–water partition coefficient (Wildman–Crippen LogP) is 1.63. The van der Waals surface area contributed by atoms with E-state index in [2.05, 4.69) is 42.4 Å². The van der Waals surface area contributed by atoms with Crippen molar-refractivity contribution in [2.45, 2.75) is 39.3 Å². The maximum atomic E-state index is 4.19. The maximum absolute atomic E-state index is 4.19. The molecule has 0 saturated heterocycles. The largest absolute Gasteiger partial charge is 0.313 e. The Balaban J connectivity index is 2.34. The van der Waals surface area contributed by atoms with E-state index in [0.717, 1.165) is 19.6 Å². The Morgan fingerprint density at radius 2 is 2.24 bits per heavy atom. The van der Waals surface area contributed by atoms with Crippen molar-refractivity contribution >= 4 is 0 Å². The van der Waals surface area contributed by atoms with Crippen molar-refractivity contribution in [1.82, 2.24) is 20.0 Å². The van der Waals surface area contributed by atoms with Gasteiger partial charge in [0, 0.05) is 37.9 Å². The minimum absolute atomic E-state index is 0.594. The van der Waals surface area contributed by atoms with E-state index in [1.165, 1.54) is 18.4 Å². The molecule has 1 rings (SSSR count). The van der Waals surface area contributed by atoms with Crippen molar-refractivity contribution < 1.29 is 0 Å². The fourth-order valence-electron chi connectivity index (χ4n) is 1.99. The molecule has 0 radical (unpaired) electrons. The third-order valence-electron chi connectivity index (χ3n) is 2.92. The molecule has 4 heteroatoms. The van der Waals surface area contributed by atoms with Gasteiger partial charge in [-0.25, -0.2) is 0 Å². The lowest BCUT2D eigenvalue weighted by Crippen LogP contribution is -2.39. The summed E-state index contributed by atoms with van der Waals surface area (Å²) < 4.78 is 1.86. The van der Waals surface area contributed by atoms with Crippen molar-refractivity contribution in [2.75, 3.05) is 20.1 Å². The highest BCUT2D eigenvalue weighted by atomic mass is 15.2. The van der Waals surface area contributed by atoms with Gasteiger partial charge in [-0.2, -0.15) is 5.10 Å². The second-order valence-corrected chi connectivity index (χ2v) is 4.78. The first-order valence-electron chi connectivity index (χ1n) is 6.55. The van der Waals surface area contributed by atoms with E-state index >= 15 is 0 Å². The van der Waals surface area contributed by atoms with Gasteiger partial charge in [0.05, 0.1) is 6.20 Å². The zero-order valence-electron chi connectivity index (χ0n) is 11.6. The Bertz CT molecular complexity index is 308. The van der Waals surface area contributed by atoms with Crippen LogP contribution in [0, 0.1) is 0 Å². The number of rotatable bonds is 8. The van der Waals surface area contributed by atoms with E-state index in [-0.39, 0.29) is 0 Å². The van der Waals surface area contributed by atoms with Crippen LogP contribution in [0.5, 0.6) is 0 Å². The maximum Gasteiger partial charge on any atom is 0.0534 e. The van der Waals surface area contributed by atoms with E-state index in [1.807, 2.05) is 17.9 Å². The molecule has 1 atom stereocenters. The molecule has 0 aliphatic carbocycles. The van der Waals surface area contributed by atoms with Crippen LogP contribution in [0.15, 0.2) is 12.4 Å². The first-order valence-corrected chi connectivity index (χ1v) is 6.55. The molecular formula is C13H26N4. The standard InChI is InChI=1S/C13H26N4/c1-5-7-14-13(6-2)11-16(3)9-12-8-15-17(4)10-12/h8,10,13-14H,5-7,9,11H2,1-4H3. The van der Waals surface area contributed by atoms with Gasteiger partial charge in [0.15, 0.2) is 0 Å². The van der Waals surface area contributed by atoms with E-state index < -0.39 is 0 Å². The van der Waals surface area contributed by atoms with E-state index in [0.29, 0.717) is 6.04 Å². The summed E-state index contributed by atoms with van der Waals surface area (Å²) in [7, 11) is 4.13. The molecular weight excluding hydrogens is 212 g/mol. The summed E-state index contributed by atoms with van der Waals surface area (Å²) in [6, 6.07) is 0.594. The molecule has 1 heterocycles. The van der Waals surface area contributed by atoms with Crippen molar-refractivity contribution in [3.8, 4) is 0 Å². The molecule has 0 saturated carbocycles. The van der Waals surface area contributed by atoms with Crippen molar-refractivity contribution in [1.29, 1.82) is 0 Å². The molecule has 1 N–H and O–H groups in total. The van der Waals surface area contributed by atoms with E-state index in [4.69, 9.17) is 0 Å². The number of hydrogen-bond acceptors (Lipinski definition) is 3. The summed E-state index contributed by atoms with van der Waals surface area (Å²) in [6.07, 6.45) is 6.40. The Kier molecular flexibility index (Phi) is 6.22. The average Bonchev–Trinajstić information content (AvgIpc) is 2.69. The molecule has 0 spiro atoms. The summed E-state index contributed by atoms with van der Waals surface area (Å²) in [5, 5.41) is 7.77. The highest BCUT2D eigenvalue weighted by Crippen LogP contribution is 2.03. The summed E-state index contributed by atoms with van der Waals surface area (Å²) in [5.74, 6) is 0. The normalized spacial score (nSPS) is 13.2. The van der Waals surface area contributed by atoms with Crippen LogP contribution in [0.4, 0.5) is 0 Å². The highest BCUT2D eigenvalue weighted by molar-refractivity contribution is 5.03. The highest BCUT2D eigenvalue weighted by Gasteiger charge is 2.09. The number of nitrogens with zero attached hydrogens (tertiary/aromatic N) is 3. The van der Waals surface area contributed by atoms with Gasteiger partial charge in [-0.1, -0.05) is 13.8 Å². The number of nitrogens with one attached hydrogen (secondary N) is 1. The number of aromatic nitrogens is 2. The minimum atomic E-state index is 0.594. The van der Waals surface area contributed by atoms with Crippen LogP contribution in [0.1, 0.15) is 32.3 Å². The number of likely N-dealkylation sites (N-methyl/N-ethyl adjacent to an activating group) is 1. The molecule has 0 amide bonds. The summed E-state index contributed by atoms with van der Waals surface area (Å²) in [5.41, 5.74) is 1.28. The smallest absolute Gasteiger partial charge is 0.0534 e. The number of hydrogen-bond donors (Lipinski definition) is 1. The molecule has 0 fully saturated rings. The summed E-state index contributed by atoms with van der Waals surface area (Å²) >= 11 is 0. The molecule has 17 heavy (non-hydrogen) atoms. The van der Waals surface area contributed by atoms with Gasteiger partial charge in [0.2, 0.25) is 0 Å². The van der Waals surface area contributed by atoms with Gasteiger partial charge in [-0.3, -0.25) is 4.68 Å². The van der Waals surface area contributed by atoms with Crippen LogP contribution < -0.4 is 5.32 Å². The van der Waals surface area contributed by atoms with Crippen LogP contribution in [-0.2, 0) is 13.6 Å². The predicted molar refractivity (Wildman–Crippen MR) is 71.9 cm³/mol. The third kappa shape index (κ3) is 5.33. The fourth-order valence-corrected chi connectivity index (χ4v) is 1.99. The molecule has 0 aromatic carbocycles. The summed E-state index contributed by atoms with van der Waals surface area (Å²) in [4.78, 5) is 2.36. The van der Waals surface area contributed by atoms with Gasteiger partial charge in [-0.15, -0.1) is 0 Å². The van der Waals surface area contributed by atoms with Gasteiger partial charge >= 0.3 is 0 Å². The Labute approximate surface area is 105 Å². The van der Waals surface area contributed by atoms with Crippen LogP contribution in [0.2, 0.25) is 0 Å². The lowest BCUT2D eigenvalue weighted by atomic mass is 10.2. The van der Waals surface area contributed by atoms with Gasteiger partial charge in [0.25, 0.3) is 0 Å². The minimum Gasteiger partial charge on any atom is -0.313 e. The van der Waals surface area contributed by atoms with Crippen LogP contribution in [-0.4, -0.2) is 40.9 Å². The Morgan fingerprint density at radius 1 is 1.47 bits per heavy atom. The monoisotopic (exact) mass is 238 g/mol. The first-order chi connectivity index (χ1) is 8.15. The molecule has 4 nitrogen and oxygen atoms in total. The van der Waals surface area contributed by atoms with Crippen LogP contribution in [0.25, 0.3) is 0 Å². The van der Waals surface area contributed by atoms with Crippen LogP contribution >= 0.6 is 0 Å². The van der Waals surface area contributed by atoms with Gasteiger partial charge < -0.3 is 10.2 Å². The molecule has 1 aromatic rings. The SMILES string of the molecule is CCCNC(CC)CN(C)Cc1cnn(C)c1. The fraction of sp³-hybridized carbons (Fsp3) is 0.769. The van der Waals surface area contributed by atoms with Crippen LogP contribution in [0.3, 0.4) is 0 Å². The van der Waals surface area contributed by atoms with Gasteiger partial charge in [0.1, 0.15) is 0 Å². The molecule has 1 aromatic heterocycles. The van der Waals surface area contributed by atoms with E-state index in [9.17, 15) is 0 Å². The zero-order chi connectivity index (χ0) is 12.7. The number of aryl methyl sites for hydroxylation is 1. The second-order valence-electron chi connectivity index (χ2n) is 4.78. The molecule has 0 bridgehead atoms. The second kappa shape index (κ2) is 7.45. The van der Waals surface area contributed by atoms with Gasteiger partial charge in [-0.05, 0) is 26.4 Å².